The molecule has 130 valence electrons. The number of hydrogen-bond donors (Lipinski definition) is 1. The zero-order valence-electron chi connectivity index (χ0n) is 13.8. The highest BCUT2D eigenvalue weighted by Crippen LogP contribution is 2.31. The number of ether oxygens (including phenoxy) is 2. The number of fused-ring (bicyclic) bond motifs is 1. The van der Waals surface area contributed by atoms with Crippen molar-refractivity contribution in [2.45, 2.75) is 25.4 Å². The third-order valence-electron chi connectivity index (χ3n) is 4.07. The molecule has 0 bridgehead atoms. The number of carbonyl (C=O) groups is 2. The summed E-state index contributed by atoms with van der Waals surface area (Å²) in [6.45, 7) is 0. The number of amides is 1. The molecule has 0 aliphatic carbocycles. The number of halogens is 1. The van der Waals surface area contributed by atoms with E-state index in [1.54, 1.807) is 24.3 Å². The molecule has 1 unspecified atom stereocenters. The van der Waals surface area contributed by atoms with E-state index in [1.807, 2.05) is 12.1 Å². The second-order valence-corrected chi connectivity index (χ2v) is 5.80. The van der Waals surface area contributed by atoms with Crippen LogP contribution in [0, 0.1) is 5.82 Å². The molecule has 25 heavy (non-hydrogen) atoms. The average molecular weight is 343 g/mol. The van der Waals surface area contributed by atoms with Crippen LogP contribution in [0.15, 0.2) is 42.5 Å². The van der Waals surface area contributed by atoms with E-state index in [4.69, 9.17) is 4.74 Å². The molecule has 0 spiro atoms. The van der Waals surface area contributed by atoms with Crippen molar-refractivity contribution in [3.63, 3.8) is 0 Å². The van der Waals surface area contributed by atoms with Gasteiger partial charge in [-0.1, -0.05) is 24.3 Å². The summed E-state index contributed by atoms with van der Waals surface area (Å²) in [7, 11) is 1.36. The van der Waals surface area contributed by atoms with Crippen LogP contribution in [0.25, 0.3) is 0 Å². The summed E-state index contributed by atoms with van der Waals surface area (Å²) in [6.07, 6.45) is 0.477. The van der Waals surface area contributed by atoms with Crippen molar-refractivity contribution in [2.24, 2.45) is 0 Å². The fourth-order valence-corrected chi connectivity index (χ4v) is 2.70. The van der Waals surface area contributed by atoms with Gasteiger partial charge in [0.1, 0.15) is 0 Å². The Morgan fingerprint density at radius 3 is 2.68 bits per heavy atom. The van der Waals surface area contributed by atoms with Crippen LogP contribution in [0.4, 0.5) is 10.1 Å². The lowest BCUT2D eigenvalue weighted by molar-refractivity contribution is -0.140. The number of carbonyl (C=O) groups excluding carboxylic acids is 2. The lowest BCUT2D eigenvalue weighted by Crippen LogP contribution is -2.31. The predicted molar refractivity (Wildman–Crippen MR) is 89.9 cm³/mol. The first-order valence-electron chi connectivity index (χ1n) is 7.97. The summed E-state index contributed by atoms with van der Waals surface area (Å²) in [5.41, 5.74) is 2.28. The van der Waals surface area contributed by atoms with Gasteiger partial charge in [-0.15, -0.1) is 0 Å². The smallest absolute Gasteiger partial charge is 0.305 e. The Bertz CT molecular complexity index is 789. The number of nitrogens with one attached hydrogen (secondary N) is 1. The molecule has 1 aliphatic heterocycles. The van der Waals surface area contributed by atoms with Crippen LogP contribution in [0.3, 0.4) is 0 Å². The molecule has 1 aliphatic rings. The number of para-hydroxylation sites is 1. The Morgan fingerprint density at radius 1 is 1.24 bits per heavy atom. The molecule has 2 aromatic rings. The molecule has 1 amide bonds. The van der Waals surface area contributed by atoms with Gasteiger partial charge in [0, 0.05) is 24.1 Å². The van der Waals surface area contributed by atoms with Gasteiger partial charge in [0.15, 0.2) is 17.7 Å². The molecule has 1 heterocycles. The summed E-state index contributed by atoms with van der Waals surface area (Å²) < 4.78 is 23.7. The van der Waals surface area contributed by atoms with Gasteiger partial charge in [0.2, 0.25) is 0 Å². The molecule has 0 aromatic heterocycles. The highest BCUT2D eigenvalue weighted by Gasteiger charge is 2.31. The molecular formula is C19H18FNO4. The molecule has 1 atom stereocenters. The van der Waals surface area contributed by atoms with Crippen molar-refractivity contribution in [2.75, 3.05) is 12.4 Å². The maximum absolute atomic E-state index is 13.7. The highest BCUT2D eigenvalue weighted by atomic mass is 19.1. The van der Waals surface area contributed by atoms with Crippen molar-refractivity contribution < 1.29 is 23.5 Å². The maximum atomic E-state index is 13.7. The second-order valence-electron chi connectivity index (χ2n) is 5.80. The van der Waals surface area contributed by atoms with E-state index in [9.17, 15) is 14.0 Å². The number of benzene rings is 2. The third kappa shape index (κ3) is 3.96. The van der Waals surface area contributed by atoms with Crippen molar-refractivity contribution in [1.82, 2.24) is 0 Å². The van der Waals surface area contributed by atoms with Gasteiger partial charge in [-0.3, -0.25) is 9.59 Å². The Kier molecular flexibility index (Phi) is 4.97. The van der Waals surface area contributed by atoms with Gasteiger partial charge < -0.3 is 14.8 Å². The number of rotatable bonds is 5. The van der Waals surface area contributed by atoms with Gasteiger partial charge in [0.05, 0.1) is 7.11 Å². The normalized spacial score (nSPS) is 15.2. The maximum Gasteiger partial charge on any atom is 0.305 e. The molecule has 0 radical (unpaired) electrons. The summed E-state index contributed by atoms with van der Waals surface area (Å²) in [6, 6.07) is 11.9. The predicted octanol–water partition coefficient (Wildman–Crippen LogP) is 2.87. The summed E-state index contributed by atoms with van der Waals surface area (Å²) in [4.78, 5) is 23.5. The van der Waals surface area contributed by atoms with Crippen LogP contribution in [-0.2, 0) is 27.2 Å². The lowest BCUT2D eigenvalue weighted by atomic mass is 10.1. The van der Waals surface area contributed by atoms with Gasteiger partial charge in [-0.2, -0.15) is 0 Å². The third-order valence-corrected chi connectivity index (χ3v) is 4.07. The fourth-order valence-electron chi connectivity index (χ4n) is 2.70. The monoisotopic (exact) mass is 343 g/mol. The largest absolute Gasteiger partial charge is 0.477 e. The summed E-state index contributed by atoms with van der Waals surface area (Å²) in [5, 5.41) is 2.76. The van der Waals surface area contributed by atoms with Crippen LogP contribution < -0.4 is 10.1 Å². The second kappa shape index (κ2) is 7.34. The molecule has 1 N–H and O–H groups in total. The zero-order valence-corrected chi connectivity index (χ0v) is 13.8. The number of anilines is 1. The van der Waals surface area contributed by atoms with Crippen molar-refractivity contribution in [1.29, 1.82) is 0 Å². The van der Waals surface area contributed by atoms with Crippen molar-refractivity contribution in [3.8, 4) is 5.75 Å². The number of methoxy groups -OCH3 is 1. The average Bonchev–Trinajstić information content (AvgIpc) is 3.07. The van der Waals surface area contributed by atoms with Crippen LogP contribution in [0.5, 0.6) is 5.75 Å². The van der Waals surface area contributed by atoms with E-state index in [2.05, 4.69) is 10.1 Å². The van der Waals surface area contributed by atoms with Gasteiger partial charge in [-0.05, 0) is 30.2 Å². The minimum atomic E-state index is -0.745. The van der Waals surface area contributed by atoms with Gasteiger partial charge >= 0.3 is 5.97 Å². The van der Waals surface area contributed by atoms with Crippen molar-refractivity contribution in [3.05, 3.63) is 59.4 Å². The van der Waals surface area contributed by atoms with E-state index in [0.29, 0.717) is 30.5 Å². The topological polar surface area (TPSA) is 64.6 Å². The van der Waals surface area contributed by atoms with E-state index < -0.39 is 11.9 Å². The molecule has 5 nitrogen and oxygen atoms in total. The molecule has 3 rings (SSSR count). The Labute approximate surface area is 144 Å². The van der Waals surface area contributed by atoms with Crippen LogP contribution in [0.1, 0.15) is 17.5 Å². The molecule has 0 saturated carbocycles. The molecule has 0 saturated heterocycles. The summed E-state index contributed by atoms with van der Waals surface area (Å²) >= 11 is 0. The van der Waals surface area contributed by atoms with E-state index in [-0.39, 0.29) is 17.6 Å². The highest BCUT2D eigenvalue weighted by molar-refractivity contribution is 5.95. The lowest BCUT2D eigenvalue weighted by Gasteiger charge is -2.12. The minimum Gasteiger partial charge on any atom is -0.477 e. The Hall–Kier alpha value is -2.89. The van der Waals surface area contributed by atoms with Gasteiger partial charge in [0.25, 0.3) is 5.91 Å². The van der Waals surface area contributed by atoms with Crippen LogP contribution >= 0.6 is 0 Å². The van der Waals surface area contributed by atoms with Crippen LogP contribution in [-0.4, -0.2) is 25.1 Å². The summed E-state index contributed by atoms with van der Waals surface area (Å²) in [5.74, 6) is -0.885. The van der Waals surface area contributed by atoms with Gasteiger partial charge in [-0.25, -0.2) is 4.39 Å². The van der Waals surface area contributed by atoms with Crippen molar-refractivity contribution >= 4 is 17.6 Å². The zero-order chi connectivity index (χ0) is 17.8. The SMILES string of the molecule is COC(=O)CCc1ccc(NC(=O)C2Cc3cccc(F)c3O2)cc1. The first-order chi connectivity index (χ1) is 12.1. The standard InChI is InChI=1S/C19H18FNO4/c1-24-17(22)10-7-12-5-8-14(9-6-12)21-19(23)16-11-13-3-2-4-15(20)18(13)25-16/h2-6,8-9,16H,7,10-11H2,1H3,(H,21,23). The Balaban J connectivity index is 1.57. The van der Waals surface area contributed by atoms with E-state index in [0.717, 1.165) is 5.56 Å². The first kappa shape index (κ1) is 17.0. The minimum absolute atomic E-state index is 0.154. The molecule has 2 aromatic carbocycles. The quantitative estimate of drug-likeness (QED) is 0.848. The Morgan fingerprint density at radius 2 is 2.00 bits per heavy atom. The molecule has 6 heteroatoms. The first-order valence-corrected chi connectivity index (χ1v) is 7.97. The van der Waals surface area contributed by atoms with E-state index >= 15 is 0 Å². The number of aryl methyl sites for hydroxylation is 1. The molecular weight excluding hydrogens is 325 g/mol. The number of esters is 1. The van der Waals surface area contributed by atoms with E-state index in [1.165, 1.54) is 13.2 Å². The van der Waals surface area contributed by atoms with Crippen LogP contribution in [0.2, 0.25) is 0 Å². The fraction of sp³-hybridized carbons (Fsp3) is 0.263. The number of hydrogen-bond acceptors (Lipinski definition) is 4. The molecule has 0 fully saturated rings.